The summed E-state index contributed by atoms with van der Waals surface area (Å²) in [5, 5.41) is 13.4. The van der Waals surface area contributed by atoms with E-state index in [4.69, 9.17) is 5.73 Å². The molecule has 0 bridgehead atoms. The number of rotatable bonds is 3. The lowest BCUT2D eigenvalue weighted by atomic mass is 10.1. The van der Waals surface area contributed by atoms with Gasteiger partial charge in [0.15, 0.2) is 0 Å². The highest BCUT2D eigenvalue weighted by Crippen LogP contribution is 2.28. The fraction of sp³-hybridized carbons (Fsp3) is 0.250. The Labute approximate surface area is 117 Å². The summed E-state index contributed by atoms with van der Waals surface area (Å²) >= 11 is 3.25. The van der Waals surface area contributed by atoms with Gasteiger partial charge in [-0.2, -0.15) is 0 Å². The number of nitro groups is 1. The maximum absolute atomic E-state index is 12.0. The Hall–Kier alpha value is -1.73. The second-order valence-corrected chi connectivity index (χ2v) is 5.16. The molecule has 7 heteroatoms. The first-order valence-corrected chi connectivity index (χ1v) is 6.45. The Morgan fingerprint density at radius 2 is 2.21 bits per heavy atom. The molecule has 0 aromatic heterocycles. The molecule has 0 saturated heterocycles. The van der Waals surface area contributed by atoms with Gasteiger partial charge in [-0.1, -0.05) is 12.2 Å². The number of benzene rings is 1. The molecule has 1 amide bonds. The smallest absolute Gasteiger partial charge is 0.271 e. The molecule has 1 aliphatic carbocycles. The van der Waals surface area contributed by atoms with Crippen LogP contribution in [0, 0.1) is 16.0 Å². The van der Waals surface area contributed by atoms with E-state index in [0.717, 1.165) is 0 Å². The van der Waals surface area contributed by atoms with Crippen LogP contribution in [0.1, 0.15) is 6.42 Å². The molecule has 1 aromatic carbocycles. The SMILES string of the molecule is NC1C=CC(C(=O)Nc2cc([N+](=O)[O-])ccc2Br)C1. The summed E-state index contributed by atoms with van der Waals surface area (Å²) in [6.07, 6.45) is 4.09. The van der Waals surface area contributed by atoms with Crippen molar-refractivity contribution in [2.24, 2.45) is 11.7 Å². The van der Waals surface area contributed by atoms with Gasteiger partial charge in [0.2, 0.25) is 5.91 Å². The van der Waals surface area contributed by atoms with Crippen LogP contribution in [0.15, 0.2) is 34.8 Å². The summed E-state index contributed by atoms with van der Waals surface area (Å²) in [5.74, 6) is -0.508. The van der Waals surface area contributed by atoms with Gasteiger partial charge in [-0.05, 0) is 28.4 Å². The fourth-order valence-electron chi connectivity index (χ4n) is 1.87. The minimum Gasteiger partial charge on any atom is -0.324 e. The van der Waals surface area contributed by atoms with Gasteiger partial charge in [-0.25, -0.2) is 0 Å². The summed E-state index contributed by atoms with van der Waals surface area (Å²) in [6.45, 7) is 0. The molecule has 0 spiro atoms. The first-order chi connectivity index (χ1) is 8.97. The monoisotopic (exact) mass is 325 g/mol. The summed E-state index contributed by atoms with van der Waals surface area (Å²) in [4.78, 5) is 22.2. The molecule has 0 fully saturated rings. The van der Waals surface area contributed by atoms with Crippen LogP contribution in [0.2, 0.25) is 0 Å². The molecule has 3 N–H and O–H groups in total. The van der Waals surface area contributed by atoms with E-state index in [-0.39, 0.29) is 23.6 Å². The molecule has 6 nitrogen and oxygen atoms in total. The highest BCUT2D eigenvalue weighted by atomic mass is 79.9. The molecule has 2 unspecified atom stereocenters. The lowest BCUT2D eigenvalue weighted by Gasteiger charge is -2.11. The summed E-state index contributed by atoms with van der Waals surface area (Å²) in [7, 11) is 0. The summed E-state index contributed by atoms with van der Waals surface area (Å²) in [5.41, 5.74) is 6.00. The van der Waals surface area contributed by atoms with Crippen LogP contribution in [0.25, 0.3) is 0 Å². The molecule has 0 aliphatic heterocycles. The number of carbonyl (C=O) groups excluding carboxylic acids is 1. The van der Waals surface area contributed by atoms with Gasteiger partial charge < -0.3 is 11.1 Å². The molecule has 2 rings (SSSR count). The molecular formula is C12H12BrN3O3. The van der Waals surface area contributed by atoms with Crippen molar-refractivity contribution in [3.8, 4) is 0 Å². The zero-order valence-electron chi connectivity index (χ0n) is 9.88. The van der Waals surface area contributed by atoms with Crippen molar-refractivity contribution >= 4 is 33.2 Å². The second kappa shape index (κ2) is 5.50. The molecular weight excluding hydrogens is 314 g/mol. The van der Waals surface area contributed by atoms with Crippen LogP contribution < -0.4 is 11.1 Å². The number of nitro benzene ring substituents is 1. The number of amides is 1. The van der Waals surface area contributed by atoms with Gasteiger partial charge in [0.05, 0.1) is 16.5 Å². The van der Waals surface area contributed by atoms with Gasteiger partial charge in [0.1, 0.15) is 0 Å². The number of nitrogens with two attached hydrogens (primary N) is 1. The predicted octanol–water partition coefficient (Wildman–Crippen LogP) is 2.20. The highest BCUT2D eigenvalue weighted by molar-refractivity contribution is 9.10. The van der Waals surface area contributed by atoms with E-state index in [1.165, 1.54) is 18.2 Å². The lowest BCUT2D eigenvalue weighted by Crippen LogP contribution is -2.24. The third-order valence-electron chi connectivity index (χ3n) is 2.87. The Kier molecular flexibility index (Phi) is 3.96. The zero-order chi connectivity index (χ0) is 14.0. The fourth-order valence-corrected chi connectivity index (χ4v) is 2.22. The van der Waals surface area contributed by atoms with Crippen LogP contribution in [0.5, 0.6) is 0 Å². The van der Waals surface area contributed by atoms with Crippen molar-refractivity contribution < 1.29 is 9.72 Å². The number of carbonyl (C=O) groups is 1. The van der Waals surface area contributed by atoms with Gasteiger partial charge in [-0.3, -0.25) is 14.9 Å². The Bertz CT molecular complexity index is 559. The summed E-state index contributed by atoms with van der Waals surface area (Å²) < 4.78 is 0.595. The number of non-ortho nitro benzene ring substituents is 1. The molecule has 19 heavy (non-hydrogen) atoms. The van der Waals surface area contributed by atoms with Crippen molar-refractivity contribution in [1.29, 1.82) is 0 Å². The standard InChI is InChI=1S/C12H12BrN3O3/c13-10-4-3-9(16(18)19)6-11(10)15-12(17)7-1-2-8(14)5-7/h1-4,6-8H,5,14H2,(H,15,17). The minimum absolute atomic E-state index is 0.0721. The van der Waals surface area contributed by atoms with Crippen molar-refractivity contribution in [2.45, 2.75) is 12.5 Å². The number of nitrogens with zero attached hydrogens (tertiary/aromatic N) is 1. The number of hydrogen-bond donors (Lipinski definition) is 2. The third-order valence-corrected chi connectivity index (χ3v) is 3.56. The Morgan fingerprint density at radius 1 is 1.47 bits per heavy atom. The Morgan fingerprint density at radius 3 is 2.79 bits per heavy atom. The molecule has 0 heterocycles. The average molecular weight is 326 g/mol. The van der Waals surface area contributed by atoms with Gasteiger partial charge >= 0.3 is 0 Å². The molecule has 2 atom stereocenters. The predicted molar refractivity (Wildman–Crippen MR) is 74.6 cm³/mol. The largest absolute Gasteiger partial charge is 0.324 e. The van der Waals surface area contributed by atoms with E-state index >= 15 is 0 Å². The van der Waals surface area contributed by atoms with Crippen LogP contribution >= 0.6 is 15.9 Å². The van der Waals surface area contributed by atoms with Crippen LogP contribution in [-0.2, 0) is 4.79 Å². The number of halogens is 1. The molecule has 0 radical (unpaired) electrons. The third kappa shape index (κ3) is 3.18. The average Bonchev–Trinajstić information content (AvgIpc) is 2.78. The maximum atomic E-state index is 12.0. The van der Waals surface area contributed by atoms with Crippen molar-refractivity contribution in [2.75, 3.05) is 5.32 Å². The molecule has 1 aliphatic rings. The molecule has 0 saturated carbocycles. The van der Waals surface area contributed by atoms with Crippen molar-refractivity contribution in [3.05, 3.63) is 44.9 Å². The zero-order valence-corrected chi connectivity index (χ0v) is 11.5. The normalized spacial score (nSPS) is 21.4. The van der Waals surface area contributed by atoms with Crippen LogP contribution in [-0.4, -0.2) is 16.9 Å². The number of hydrogen-bond acceptors (Lipinski definition) is 4. The molecule has 1 aromatic rings. The van der Waals surface area contributed by atoms with E-state index in [1.54, 1.807) is 12.2 Å². The first kappa shape index (κ1) is 13.7. The Balaban J connectivity index is 2.14. The van der Waals surface area contributed by atoms with Crippen LogP contribution in [0.4, 0.5) is 11.4 Å². The van der Waals surface area contributed by atoms with Gasteiger partial charge in [0.25, 0.3) is 5.69 Å². The van der Waals surface area contributed by atoms with E-state index < -0.39 is 4.92 Å². The van der Waals surface area contributed by atoms with Crippen molar-refractivity contribution in [3.63, 3.8) is 0 Å². The first-order valence-electron chi connectivity index (χ1n) is 5.66. The quantitative estimate of drug-likeness (QED) is 0.505. The lowest BCUT2D eigenvalue weighted by molar-refractivity contribution is -0.384. The number of anilines is 1. The highest BCUT2D eigenvalue weighted by Gasteiger charge is 2.23. The minimum atomic E-state index is -0.506. The van der Waals surface area contributed by atoms with E-state index in [1.807, 2.05) is 0 Å². The van der Waals surface area contributed by atoms with Gasteiger partial charge in [-0.15, -0.1) is 0 Å². The van der Waals surface area contributed by atoms with Crippen molar-refractivity contribution in [1.82, 2.24) is 0 Å². The van der Waals surface area contributed by atoms with E-state index in [2.05, 4.69) is 21.2 Å². The maximum Gasteiger partial charge on any atom is 0.271 e. The topological polar surface area (TPSA) is 98.3 Å². The molecule has 100 valence electrons. The van der Waals surface area contributed by atoms with E-state index in [9.17, 15) is 14.9 Å². The second-order valence-electron chi connectivity index (χ2n) is 4.30. The number of nitrogens with one attached hydrogen (secondary N) is 1. The summed E-state index contributed by atoms with van der Waals surface area (Å²) in [6, 6.07) is 4.11. The van der Waals surface area contributed by atoms with E-state index in [0.29, 0.717) is 16.6 Å². The van der Waals surface area contributed by atoms with Gasteiger partial charge in [0, 0.05) is 22.6 Å². The van der Waals surface area contributed by atoms with Crippen LogP contribution in [0.3, 0.4) is 0 Å².